The molecule has 0 aliphatic heterocycles. The summed E-state index contributed by atoms with van der Waals surface area (Å²) in [7, 11) is 0. The van der Waals surface area contributed by atoms with Gasteiger partial charge in [0.15, 0.2) is 0 Å². The third-order valence-electron chi connectivity index (χ3n) is 11.3. The van der Waals surface area contributed by atoms with Gasteiger partial charge in [0.05, 0.1) is 30.3 Å². The van der Waals surface area contributed by atoms with Crippen LogP contribution in [0.25, 0.3) is 0 Å². The Morgan fingerprint density at radius 3 is 2.27 bits per heavy atom. The van der Waals surface area contributed by atoms with E-state index in [1.54, 1.807) is 6.92 Å². The van der Waals surface area contributed by atoms with E-state index in [0.717, 1.165) is 38.5 Å². The van der Waals surface area contributed by atoms with Crippen LogP contribution >= 0.6 is 0 Å². The summed E-state index contributed by atoms with van der Waals surface area (Å²) in [6, 6.07) is 0. The predicted octanol–water partition coefficient (Wildman–Crippen LogP) is 3.45. The summed E-state index contributed by atoms with van der Waals surface area (Å²) in [6.45, 7) is 8.45. The average Bonchev–Trinajstić information content (AvgIpc) is 3.12. The molecule has 190 valence electrons. The third-order valence-corrected chi connectivity index (χ3v) is 11.3. The monoisotopic (exact) mass is 466 g/mol. The van der Waals surface area contributed by atoms with Gasteiger partial charge in [-0.05, 0) is 91.3 Å². The van der Waals surface area contributed by atoms with Crippen LogP contribution in [-0.2, 0) is 4.79 Å². The zero-order valence-electron chi connectivity index (χ0n) is 20.9. The van der Waals surface area contributed by atoms with E-state index in [9.17, 15) is 30.3 Å². The topological polar surface area (TPSA) is 118 Å². The van der Waals surface area contributed by atoms with Gasteiger partial charge < -0.3 is 25.5 Å². The van der Waals surface area contributed by atoms with Gasteiger partial charge in [-0.15, -0.1) is 0 Å². The predicted molar refractivity (Wildman–Crippen MR) is 125 cm³/mol. The molecule has 0 aromatic heterocycles. The van der Waals surface area contributed by atoms with Crippen LogP contribution in [0.4, 0.5) is 0 Å². The summed E-state index contributed by atoms with van der Waals surface area (Å²) >= 11 is 0. The second-order valence-corrected chi connectivity index (χ2v) is 12.8. The second kappa shape index (κ2) is 9.07. The Kier molecular flexibility index (Phi) is 6.98. The van der Waals surface area contributed by atoms with Crippen LogP contribution in [0.15, 0.2) is 0 Å². The number of carboxylic acid groups (broad SMARTS) is 1. The summed E-state index contributed by atoms with van der Waals surface area (Å²) in [5, 5.41) is 53.6. The van der Waals surface area contributed by atoms with Crippen LogP contribution in [-0.4, -0.2) is 55.9 Å². The summed E-state index contributed by atoms with van der Waals surface area (Å²) in [4.78, 5) is 11.2. The Bertz CT molecular complexity index is 727. The first-order valence-electron chi connectivity index (χ1n) is 13.4. The smallest absolute Gasteiger partial charge is 0.306 e. The fraction of sp³-hybridized carbons (Fsp3) is 0.963. The van der Waals surface area contributed by atoms with Crippen molar-refractivity contribution in [3.05, 3.63) is 0 Å². The fourth-order valence-corrected chi connectivity index (χ4v) is 9.24. The van der Waals surface area contributed by atoms with Crippen molar-refractivity contribution in [1.29, 1.82) is 0 Å². The maximum Gasteiger partial charge on any atom is 0.306 e. The number of hydrogen-bond acceptors (Lipinski definition) is 5. The molecule has 6 heteroatoms. The van der Waals surface area contributed by atoms with Crippen LogP contribution in [0.1, 0.15) is 85.5 Å². The number of aliphatic hydroxyl groups excluding tert-OH is 4. The average molecular weight is 467 g/mol. The standard InChI is InChI=1S/C27H46O6/c1-14(6-5-7-15(2)25(32)33)17-8-9-18-22-19(13-21(29)27(17,18)4)26(3)11-10-16(28)12-20(26)23(30)24(22)31/h14-24,28-31H,5-13H2,1-4H3,(H,32,33)/t14-,15?,16?,17-,18+,19+,20?,21?,22+,23?,24?,26-,27-/m1/s1. The molecule has 4 rings (SSSR count). The van der Waals surface area contributed by atoms with E-state index in [0.29, 0.717) is 31.1 Å². The highest BCUT2D eigenvalue weighted by molar-refractivity contribution is 5.69. The van der Waals surface area contributed by atoms with Crippen LogP contribution in [0.3, 0.4) is 0 Å². The van der Waals surface area contributed by atoms with E-state index < -0.39 is 30.4 Å². The molecule has 4 fully saturated rings. The lowest BCUT2D eigenvalue weighted by Crippen LogP contribution is -2.66. The highest BCUT2D eigenvalue weighted by Crippen LogP contribution is 2.68. The van der Waals surface area contributed by atoms with Crippen molar-refractivity contribution in [2.45, 2.75) is 110 Å². The van der Waals surface area contributed by atoms with Crippen LogP contribution < -0.4 is 0 Å². The van der Waals surface area contributed by atoms with Crippen molar-refractivity contribution in [2.24, 2.45) is 52.3 Å². The molecular weight excluding hydrogens is 420 g/mol. The molecule has 4 aliphatic carbocycles. The summed E-state index contributed by atoms with van der Waals surface area (Å²) in [5.74, 6) is -0.163. The quantitative estimate of drug-likeness (QED) is 0.409. The number of carbonyl (C=O) groups is 1. The molecule has 0 aromatic rings. The molecule has 5 N–H and O–H groups in total. The molecule has 4 aliphatic rings. The molecule has 0 aromatic carbocycles. The van der Waals surface area contributed by atoms with Gasteiger partial charge in [0, 0.05) is 0 Å². The molecule has 0 amide bonds. The number of aliphatic carboxylic acids is 1. The van der Waals surface area contributed by atoms with Crippen molar-refractivity contribution in [2.75, 3.05) is 0 Å². The minimum Gasteiger partial charge on any atom is -0.481 e. The summed E-state index contributed by atoms with van der Waals surface area (Å²) < 4.78 is 0. The van der Waals surface area contributed by atoms with Gasteiger partial charge in [0.1, 0.15) is 0 Å². The van der Waals surface area contributed by atoms with Gasteiger partial charge in [0.2, 0.25) is 0 Å². The number of hydrogen-bond donors (Lipinski definition) is 5. The molecule has 6 nitrogen and oxygen atoms in total. The molecule has 0 saturated heterocycles. The molecule has 0 spiro atoms. The molecule has 33 heavy (non-hydrogen) atoms. The van der Waals surface area contributed by atoms with Gasteiger partial charge in [0.25, 0.3) is 0 Å². The fourth-order valence-electron chi connectivity index (χ4n) is 9.24. The van der Waals surface area contributed by atoms with Gasteiger partial charge >= 0.3 is 5.97 Å². The number of fused-ring (bicyclic) bond motifs is 5. The molecule has 13 atom stereocenters. The molecule has 6 unspecified atom stereocenters. The lowest BCUT2D eigenvalue weighted by Gasteiger charge is -2.64. The van der Waals surface area contributed by atoms with Crippen LogP contribution in [0.5, 0.6) is 0 Å². The highest BCUT2D eigenvalue weighted by Gasteiger charge is 2.67. The van der Waals surface area contributed by atoms with E-state index in [-0.39, 0.29) is 40.4 Å². The molecule has 0 radical (unpaired) electrons. The molecule has 0 bridgehead atoms. The minimum absolute atomic E-state index is 0.0193. The lowest BCUT2D eigenvalue weighted by atomic mass is 9.42. The molecule has 0 heterocycles. The first-order valence-corrected chi connectivity index (χ1v) is 13.4. The van der Waals surface area contributed by atoms with Gasteiger partial charge in [-0.25, -0.2) is 0 Å². The minimum atomic E-state index is -0.820. The first kappa shape index (κ1) is 25.4. The zero-order valence-corrected chi connectivity index (χ0v) is 20.9. The van der Waals surface area contributed by atoms with E-state index in [1.807, 2.05) is 0 Å². The van der Waals surface area contributed by atoms with Crippen molar-refractivity contribution >= 4 is 5.97 Å². The van der Waals surface area contributed by atoms with E-state index in [4.69, 9.17) is 0 Å². The van der Waals surface area contributed by atoms with Crippen LogP contribution in [0.2, 0.25) is 0 Å². The Hall–Kier alpha value is -0.690. The van der Waals surface area contributed by atoms with E-state index >= 15 is 0 Å². The molecular formula is C27H46O6. The second-order valence-electron chi connectivity index (χ2n) is 12.8. The Morgan fingerprint density at radius 1 is 0.909 bits per heavy atom. The summed E-state index contributed by atoms with van der Waals surface area (Å²) in [5.41, 5.74) is -0.460. The van der Waals surface area contributed by atoms with Gasteiger partial charge in [-0.1, -0.05) is 40.5 Å². The third kappa shape index (κ3) is 3.97. The lowest BCUT2D eigenvalue weighted by molar-refractivity contribution is -0.243. The van der Waals surface area contributed by atoms with Gasteiger partial charge in [-0.2, -0.15) is 0 Å². The van der Waals surface area contributed by atoms with Crippen molar-refractivity contribution in [3.63, 3.8) is 0 Å². The van der Waals surface area contributed by atoms with Crippen molar-refractivity contribution < 1.29 is 30.3 Å². The Balaban J connectivity index is 1.54. The number of carboxylic acids is 1. The van der Waals surface area contributed by atoms with Crippen molar-refractivity contribution in [3.8, 4) is 0 Å². The molecule has 4 saturated carbocycles. The van der Waals surface area contributed by atoms with Crippen molar-refractivity contribution in [1.82, 2.24) is 0 Å². The van der Waals surface area contributed by atoms with E-state index in [1.165, 1.54) is 0 Å². The van der Waals surface area contributed by atoms with E-state index in [2.05, 4.69) is 20.8 Å². The maximum atomic E-state index is 11.6. The summed E-state index contributed by atoms with van der Waals surface area (Å²) in [6.07, 6.45) is 4.74. The van der Waals surface area contributed by atoms with Crippen LogP contribution in [0, 0.1) is 52.3 Å². The number of rotatable bonds is 6. The SMILES string of the molecule is CC(CCC[C@@H](C)[C@H]1CC[C@H]2[C@@H]3C(O)C(O)C4CC(O)CC[C@]4(C)[C@H]3CC(O)[C@]12C)C(=O)O. The maximum absolute atomic E-state index is 11.6. The largest absolute Gasteiger partial charge is 0.481 e. The Labute approximate surface area is 198 Å². The highest BCUT2D eigenvalue weighted by atomic mass is 16.4. The van der Waals surface area contributed by atoms with Gasteiger partial charge in [-0.3, -0.25) is 4.79 Å². The first-order chi connectivity index (χ1) is 15.4. The zero-order chi connectivity index (χ0) is 24.3. The number of aliphatic hydroxyl groups is 4. The Morgan fingerprint density at radius 2 is 1.61 bits per heavy atom. The normalized spacial score (nSPS) is 51.2.